The van der Waals surface area contributed by atoms with Crippen LogP contribution in [0.5, 0.6) is 5.75 Å². The topological polar surface area (TPSA) is 69.6 Å². The molecule has 3 N–H and O–H groups in total. The number of amides is 1. The van der Waals surface area contributed by atoms with E-state index in [9.17, 15) is 15.0 Å². The maximum atomic E-state index is 12.2. The maximum Gasteiger partial charge on any atom is 0.251 e. The zero-order valence-corrected chi connectivity index (χ0v) is 13.6. The summed E-state index contributed by atoms with van der Waals surface area (Å²) in [6.45, 7) is 2.14. The van der Waals surface area contributed by atoms with E-state index < -0.39 is 6.10 Å². The van der Waals surface area contributed by atoms with Gasteiger partial charge in [0.15, 0.2) is 0 Å². The molecule has 2 aromatic carbocycles. The van der Waals surface area contributed by atoms with Crippen LogP contribution in [-0.4, -0.2) is 28.8 Å². The van der Waals surface area contributed by atoms with Crippen molar-refractivity contribution in [3.8, 4) is 5.75 Å². The van der Waals surface area contributed by atoms with E-state index in [0.717, 1.165) is 5.56 Å². The molecule has 2 aromatic rings. The third kappa shape index (κ3) is 4.98. The van der Waals surface area contributed by atoms with Gasteiger partial charge in [0.2, 0.25) is 0 Å². The van der Waals surface area contributed by atoms with Gasteiger partial charge in [0, 0.05) is 18.0 Å². The van der Waals surface area contributed by atoms with Crippen LogP contribution in [0.4, 0.5) is 0 Å². The van der Waals surface area contributed by atoms with Crippen molar-refractivity contribution in [1.29, 1.82) is 0 Å². The van der Waals surface area contributed by atoms with Crippen molar-refractivity contribution in [2.24, 2.45) is 0 Å². The standard InChI is InChI=1S/C18H20ClNO3/c1-12(21)9-15(13-5-3-2-4-6-13)11-20-18(23)14-7-8-17(22)16(19)10-14/h2-8,10,12,15,21-22H,9,11H2,1H3,(H,20,23). The molecule has 0 aliphatic heterocycles. The molecule has 2 rings (SSSR count). The van der Waals surface area contributed by atoms with Gasteiger partial charge in [-0.25, -0.2) is 0 Å². The summed E-state index contributed by atoms with van der Waals surface area (Å²) in [5.74, 6) is -0.300. The van der Waals surface area contributed by atoms with Gasteiger partial charge in [0.1, 0.15) is 5.75 Å². The Balaban J connectivity index is 2.05. The lowest BCUT2D eigenvalue weighted by molar-refractivity contribution is 0.0945. The van der Waals surface area contributed by atoms with Crippen LogP contribution in [0, 0.1) is 0 Å². The predicted molar refractivity (Wildman–Crippen MR) is 90.9 cm³/mol. The summed E-state index contributed by atoms with van der Waals surface area (Å²) >= 11 is 5.82. The Morgan fingerprint density at radius 3 is 2.52 bits per heavy atom. The summed E-state index contributed by atoms with van der Waals surface area (Å²) in [6, 6.07) is 14.1. The molecule has 5 heteroatoms. The highest BCUT2D eigenvalue weighted by molar-refractivity contribution is 6.32. The molecule has 4 nitrogen and oxygen atoms in total. The zero-order valence-electron chi connectivity index (χ0n) is 12.9. The lowest BCUT2D eigenvalue weighted by Gasteiger charge is -2.19. The van der Waals surface area contributed by atoms with E-state index in [2.05, 4.69) is 5.32 Å². The third-order valence-electron chi connectivity index (χ3n) is 3.62. The Morgan fingerprint density at radius 2 is 1.91 bits per heavy atom. The second-order valence-corrected chi connectivity index (χ2v) is 5.98. The summed E-state index contributed by atoms with van der Waals surface area (Å²) < 4.78 is 0. The number of aliphatic hydroxyl groups excluding tert-OH is 1. The van der Waals surface area contributed by atoms with Gasteiger partial charge in [-0.2, -0.15) is 0 Å². The molecule has 0 saturated heterocycles. The molecular formula is C18H20ClNO3. The Bertz CT molecular complexity index is 659. The van der Waals surface area contributed by atoms with Crippen molar-refractivity contribution in [1.82, 2.24) is 5.32 Å². The highest BCUT2D eigenvalue weighted by Gasteiger charge is 2.16. The lowest BCUT2D eigenvalue weighted by Crippen LogP contribution is -2.29. The van der Waals surface area contributed by atoms with Gasteiger partial charge in [0.05, 0.1) is 11.1 Å². The first-order valence-electron chi connectivity index (χ1n) is 7.47. The van der Waals surface area contributed by atoms with Gasteiger partial charge in [0.25, 0.3) is 5.91 Å². The third-order valence-corrected chi connectivity index (χ3v) is 3.92. The van der Waals surface area contributed by atoms with Crippen LogP contribution in [-0.2, 0) is 0 Å². The minimum absolute atomic E-state index is 0.0211. The molecule has 0 fully saturated rings. The van der Waals surface area contributed by atoms with Gasteiger partial charge in [-0.05, 0) is 37.1 Å². The van der Waals surface area contributed by atoms with Gasteiger partial charge in [-0.1, -0.05) is 41.9 Å². The number of phenolic OH excluding ortho intramolecular Hbond substituents is 1. The molecule has 2 unspecified atom stereocenters. The smallest absolute Gasteiger partial charge is 0.251 e. The molecule has 0 aliphatic carbocycles. The molecule has 2 atom stereocenters. The Labute approximate surface area is 140 Å². The average molecular weight is 334 g/mol. The van der Waals surface area contributed by atoms with E-state index >= 15 is 0 Å². The van der Waals surface area contributed by atoms with Crippen LogP contribution < -0.4 is 5.32 Å². The first kappa shape index (κ1) is 17.3. The SMILES string of the molecule is CC(O)CC(CNC(=O)c1ccc(O)c(Cl)c1)c1ccccc1. The average Bonchev–Trinajstić information content (AvgIpc) is 2.54. The molecule has 0 radical (unpaired) electrons. The van der Waals surface area contributed by atoms with Crippen LogP contribution in [0.3, 0.4) is 0 Å². The molecule has 0 aliphatic rings. The van der Waals surface area contributed by atoms with Crippen molar-refractivity contribution < 1.29 is 15.0 Å². The second kappa shape index (κ2) is 7.99. The number of rotatable bonds is 6. The molecule has 0 heterocycles. The second-order valence-electron chi connectivity index (χ2n) is 5.57. The molecular weight excluding hydrogens is 314 g/mol. The van der Waals surface area contributed by atoms with Crippen molar-refractivity contribution in [3.63, 3.8) is 0 Å². The number of carbonyl (C=O) groups is 1. The number of phenols is 1. The van der Waals surface area contributed by atoms with Gasteiger partial charge < -0.3 is 15.5 Å². The summed E-state index contributed by atoms with van der Waals surface area (Å²) in [5.41, 5.74) is 1.45. The Hall–Kier alpha value is -2.04. The number of hydrogen-bond donors (Lipinski definition) is 3. The van der Waals surface area contributed by atoms with Crippen LogP contribution in [0.25, 0.3) is 0 Å². The molecule has 122 valence electrons. The van der Waals surface area contributed by atoms with Gasteiger partial charge in [-0.3, -0.25) is 4.79 Å². The number of aliphatic hydroxyl groups is 1. The normalized spacial score (nSPS) is 13.3. The van der Waals surface area contributed by atoms with E-state index in [0.29, 0.717) is 18.5 Å². The number of benzene rings is 2. The first-order valence-corrected chi connectivity index (χ1v) is 7.85. The van der Waals surface area contributed by atoms with Crippen molar-refractivity contribution >= 4 is 17.5 Å². The molecule has 0 spiro atoms. The fourth-order valence-electron chi connectivity index (χ4n) is 2.44. The Kier molecular flexibility index (Phi) is 6.02. The van der Waals surface area contributed by atoms with E-state index in [1.807, 2.05) is 30.3 Å². The summed E-state index contributed by atoms with van der Waals surface area (Å²) in [4.78, 5) is 12.2. The van der Waals surface area contributed by atoms with E-state index in [1.54, 1.807) is 6.92 Å². The monoisotopic (exact) mass is 333 g/mol. The van der Waals surface area contributed by atoms with Gasteiger partial charge in [-0.15, -0.1) is 0 Å². The highest BCUT2D eigenvalue weighted by Crippen LogP contribution is 2.24. The molecule has 0 bridgehead atoms. The summed E-state index contributed by atoms with van der Waals surface area (Å²) in [7, 11) is 0. The highest BCUT2D eigenvalue weighted by atomic mass is 35.5. The van der Waals surface area contributed by atoms with Gasteiger partial charge >= 0.3 is 0 Å². The zero-order chi connectivity index (χ0) is 16.8. The van der Waals surface area contributed by atoms with Crippen LogP contribution in [0.1, 0.15) is 35.2 Å². The van der Waals surface area contributed by atoms with Crippen LogP contribution in [0.2, 0.25) is 5.02 Å². The van der Waals surface area contributed by atoms with Crippen LogP contribution in [0.15, 0.2) is 48.5 Å². The minimum Gasteiger partial charge on any atom is -0.506 e. The quantitative estimate of drug-likeness (QED) is 0.759. The van der Waals surface area contributed by atoms with Crippen molar-refractivity contribution in [2.45, 2.75) is 25.4 Å². The Morgan fingerprint density at radius 1 is 1.22 bits per heavy atom. The molecule has 0 saturated carbocycles. The maximum absolute atomic E-state index is 12.2. The number of hydrogen-bond acceptors (Lipinski definition) is 3. The largest absolute Gasteiger partial charge is 0.506 e. The van der Waals surface area contributed by atoms with E-state index in [4.69, 9.17) is 11.6 Å². The summed E-state index contributed by atoms with van der Waals surface area (Å²) in [6.07, 6.45) is 0.0981. The van der Waals surface area contributed by atoms with E-state index in [-0.39, 0.29) is 22.6 Å². The number of nitrogens with one attached hydrogen (secondary N) is 1. The van der Waals surface area contributed by atoms with Crippen molar-refractivity contribution in [3.05, 3.63) is 64.7 Å². The first-order chi connectivity index (χ1) is 11.0. The van der Waals surface area contributed by atoms with E-state index in [1.165, 1.54) is 18.2 Å². The number of aromatic hydroxyl groups is 1. The number of carbonyl (C=O) groups excluding carboxylic acids is 1. The minimum atomic E-state index is -0.458. The number of halogens is 1. The lowest BCUT2D eigenvalue weighted by atomic mass is 9.93. The summed E-state index contributed by atoms with van der Waals surface area (Å²) in [5, 5.41) is 22.1. The van der Waals surface area contributed by atoms with Crippen molar-refractivity contribution in [2.75, 3.05) is 6.54 Å². The molecule has 23 heavy (non-hydrogen) atoms. The molecule has 1 amide bonds. The molecule has 0 aromatic heterocycles. The predicted octanol–water partition coefficient (Wildman–Crippen LogP) is 3.33. The fourth-order valence-corrected chi connectivity index (χ4v) is 2.62. The fraction of sp³-hybridized carbons (Fsp3) is 0.278. The van der Waals surface area contributed by atoms with Crippen LogP contribution >= 0.6 is 11.6 Å².